The van der Waals surface area contributed by atoms with Gasteiger partial charge in [0.15, 0.2) is 15.9 Å². The maximum Gasteiger partial charge on any atom is 0.261 e. The number of hydrogen-bond donors (Lipinski definition) is 1. The van der Waals surface area contributed by atoms with E-state index in [1.807, 2.05) is 24.3 Å². The fraction of sp³-hybridized carbons (Fsp3) is 0.562. The predicted molar refractivity (Wildman–Crippen MR) is 85.8 cm³/mol. The van der Waals surface area contributed by atoms with Crippen molar-refractivity contribution in [1.82, 2.24) is 5.32 Å². The summed E-state index contributed by atoms with van der Waals surface area (Å²) in [5.74, 6) is 0.957. The molecule has 2 rings (SSSR count). The van der Waals surface area contributed by atoms with Crippen molar-refractivity contribution >= 4 is 15.7 Å². The minimum Gasteiger partial charge on any atom is -0.481 e. The van der Waals surface area contributed by atoms with E-state index >= 15 is 0 Å². The summed E-state index contributed by atoms with van der Waals surface area (Å²) in [4.78, 5) is 12.1. The summed E-state index contributed by atoms with van der Waals surface area (Å²) < 4.78 is 28.4. The lowest BCUT2D eigenvalue weighted by atomic mass is 10.0. The van der Waals surface area contributed by atoms with E-state index < -0.39 is 15.9 Å². The molecule has 0 spiro atoms. The maximum atomic E-state index is 12.1. The highest BCUT2D eigenvalue weighted by atomic mass is 32.2. The highest BCUT2D eigenvalue weighted by molar-refractivity contribution is 7.91. The molecule has 22 heavy (non-hydrogen) atoms. The molecule has 1 N–H and O–H groups in total. The van der Waals surface area contributed by atoms with Gasteiger partial charge in [-0.2, -0.15) is 0 Å². The number of carbonyl (C=O) groups excluding carboxylic acids is 1. The topological polar surface area (TPSA) is 72.5 Å². The Morgan fingerprint density at radius 1 is 1.23 bits per heavy atom. The van der Waals surface area contributed by atoms with Crippen LogP contribution in [0.25, 0.3) is 0 Å². The first-order valence-electron chi connectivity index (χ1n) is 7.54. The molecule has 6 heteroatoms. The Labute approximate surface area is 132 Å². The first-order valence-corrected chi connectivity index (χ1v) is 9.36. The summed E-state index contributed by atoms with van der Waals surface area (Å²) in [5, 5.41) is 2.74. The highest BCUT2D eigenvalue weighted by Gasteiger charge is 2.30. The van der Waals surface area contributed by atoms with Crippen molar-refractivity contribution in [3.63, 3.8) is 0 Å². The molecule has 0 radical (unpaired) electrons. The second-order valence-corrected chi connectivity index (χ2v) is 8.32. The number of rotatable bonds is 5. The predicted octanol–water partition coefficient (Wildman–Crippen LogP) is 1.88. The number of sulfone groups is 1. The van der Waals surface area contributed by atoms with E-state index in [2.05, 4.69) is 19.2 Å². The minimum absolute atomic E-state index is 0.0224. The summed E-state index contributed by atoms with van der Waals surface area (Å²) in [5.41, 5.74) is 1.21. The van der Waals surface area contributed by atoms with Crippen LogP contribution in [-0.4, -0.2) is 38.0 Å². The Hall–Kier alpha value is -1.56. The van der Waals surface area contributed by atoms with Gasteiger partial charge in [0.25, 0.3) is 5.91 Å². The van der Waals surface area contributed by atoms with E-state index in [-0.39, 0.29) is 23.5 Å². The Kier molecular flexibility index (Phi) is 5.11. The van der Waals surface area contributed by atoms with Crippen LogP contribution in [0, 0.1) is 0 Å². The van der Waals surface area contributed by atoms with E-state index in [4.69, 9.17) is 4.74 Å². The van der Waals surface area contributed by atoms with E-state index in [1.165, 1.54) is 5.56 Å². The number of carbonyl (C=O) groups is 1. The fourth-order valence-corrected chi connectivity index (χ4v) is 4.09. The van der Waals surface area contributed by atoms with Gasteiger partial charge in [0.2, 0.25) is 0 Å². The van der Waals surface area contributed by atoms with Crippen LogP contribution < -0.4 is 10.1 Å². The average Bonchev–Trinajstić information content (AvgIpc) is 2.78. The molecular formula is C16H23NO4S. The highest BCUT2D eigenvalue weighted by Crippen LogP contribution is 2.19. The first-order chi connectivity index (χ1) is 10.3. The third-order valence-corrected chi connectivity index (χ3v) is 5.58. The van der Waals surface area contributed by atoms with Gasteiger partial charge in [0, 0.05) is 6.04 Å². The van der Waals surface area contributed by atoms with Crippen molar-refractivity contribution in [2.45, 2.75) is 45.3 Å². The third kappa shape index (κ3) is 4.47. The molecule has 1 aliphatic heterocycles. The van der Waals surface area contributed by atoms with Gasteiger partial charge in [-0.15, -0.1) is 0 Å². The summed E-state index contributed by atoms with van der Waals surface area (Å²) in [7, 11) is -2.99. The molecule has 5 nitrogen and oxygen atoms in total. The Morgan fingerprint density at radius 3 is 2.36 bits per heavy atom. The van der Waals surface area contributed by atoms with Gasteiger partial charge >= 0.3 is 0 Å². The summed E-state index contributed by atoms with van der Waals surface area (Å²) in [6.07, 6.45) is -0.183. The van der Waals surface area contributed by atoms with Crippen molar-refractivity contribution in [3.8, 4) is 5.75 Å². The van der Waals surface area contributed by atoms with Crippen LogP contribution in [0.15, 0.2) is 24.3 Å². The SMILES string of the molecule is CC(C)c1ccc(O[C@H](C)C(=O)N[C@@H]2CCS(=O)(=O)C2)cc1. The van der Waals surface area contributed by atoms with Crippen LogP contribution in [0.5, 0.6) is 5.75 Å². The Balaban J connectivity index is 1.88. The molecule has 0 aliphatic carbocycles. The Morgan fingerprint density at radius 2 is 1.86 bits per heavy atom. The number of benzene rings is 1. The zero-order chi connectivity index (χ0) is 16.3. The van der Waals surface area contributed by atoms with Gasteiger partial charge in [-0.1, -0.05) is 26.0 Å². The fourth-order valence-electron chi connectivity index (χ4n) is 2.42. The molecule has 0 unspecified atom stereocenters. The standard InChI is InChI=1S/C16H23NO4S/c1-11(2)13-4-6-15(7-5-13)21-12(3)16(18)17-14-8-9-22(19,20)10-14/h4-7,11-12,14H,8-10H2,1-3H3,(H,17,18)/t12-,14-/m1/s1. The lowest BCUT2D eigenvalue weighted by Crippen LogP contribution is -2.43. The van der Waals surface area contributed by atoms with Crippen molar-refractivity contribution in [2.75, 3.05) is 11.5 Å². The molecule has 1 heterocycles. The molecule has 1 aromatic carbocycles. The van der Waals surface area contributed by atoms with E-state index in [0.29, 0.717) is 18.1 Å². The van der Waals surface area contributed by atoms with Crippen molar-refractivity contribution in [1.29, 1.82) is 0 Å². The van der Waals surface area contributed by atoms with Gasteiger partial charge < -0.3 is 10.1 Å². The van der Waals surface area contributed by atoms with Gasteiger partial charge in [0.05, 0.1) is 11.5 Å². The summed E-state index contributed by atoms with van der Waals surface area (Å²) in [6.45, 7) is 5.89. The monoisotopic (exact) mass is 325 g/mol. The van der Waals surface area contributed by atoms with Crippen molar-refractivity contribution in [3.05, 3.63) is 29.8 Å². The lowest BCUT2D eigenvalue weighted by molar-refractivity contribution is -0.127. The van der Waals surface area contributed by atoms with Gasteiger partial charge in [-0.3, -0.25) is 4.79 Å². The molecule has 1 aromatic rings. The summed E-state index contributed by atoms with van der Waals surface area (Å²) in [6, 6.07) is 7.35. The van der Waals surface area contributed by atoms with Crippen molar-refractivity contribution in [2.24, 2.45) is 0 Å². The lowest BCUT2D eigenvalue weighted by Gasteiger charge is -2.18. The largest absolute Gasteiger partial charge is 0.481 e. The maximum absolute atomic E-state index is 12.1. The molecule has 1 amide bonds. The smallest absolute Gasteiger partial charge is 0.261 e. The van der Waals surface area contributed by atoms with Gasteiger partial charge in [0.1, 0.15) is 5.75 Å². The van der Waals surface area contributed by atoms with Crippen LogP contribution in [0.4, 0.5) is 0 Å². The molecule has 122 valence electrons. The Bertz CT molecular complexity index is 622. The van der Waals surface area contributed by atoms with Crippen LogP contribution in [0.2, 0.25) is 0 Å². The zero-order valence-electron chi connectivity index (χ0n) is 13.2. The average molecular weight is 325 g/mol. The normalized spacial score (nSPS) is 21.5. The zero-order valence-corrected chi connectivity index (χ0v) is 14.0. The minimum atomic E-state index is -2.99. The van der Waals surface area contributed by atoms with Crippen LogP contribution in [-0.2, 0) is 14.6 Å². The van der Waals surface area contributed by atoms with E-state index in [9.17, 15) is 13.2 Å². The van der Waals surface area contributed by atoms with Crippen LogP contribution in [0.3, 0.4) is 0 Å². The second-order valence-electron chi connectivity index (χ2n) is 6.09. The number of ether oxygens (including phenoxy) is 1. The van der Waals surface area contributed by atoms with E-state index in [1.54, 1.807) is 6.92 Å². The number of nitrogens with one attached hydrogen (secondary N) is 1. The third-order valence-electron chi connectivity index (χ3n) is 3.81. The second kappa shape index (κ2) is 6.69. The molecule has 2 atom stereocenters. The summed E-state index contributed by atoms with van der Waals surface area (Å²) >= 11 is 0. The molecule has 1 saturated heterocycles. The van der Waals surface area contributed by atoms with Gasteiger partial charge in [-0.25, -0.2) is 8.42 Å². The molecule has 1 fully saturated rings. The quantitative estimate of drug-likeness (QED) is 0.897. The van der Waals surface area contributed by atoms with E-state index in [0.717, 1.165) is 0 Å². The van der Waals surface area contributed by atoms with Crippen molar-refractivity contribution < 1.29 is 17.9 Å². The molecule has 0 bridgehead atoms. The van der Waals surface area contributed by atoms with Crippen LogP contribution >= 0.6 is 0 Å². The number of hydrogen-bond acceptors (Lipinski definition) is 4. The number of amides is 1. The molecule has 0 aromatic heterocycles. The molecule has 0 saturated carbocycles. The first kappa shape index (κ1) is 16.8. The van der Waals surface area contributed by atoms with Gasteiger partial charge in [-0.05, 0) is 37.0 Å². The van der Waals surface area contributed by atoms with Crippen LogP contribution in [0.1, 0.15) is 38.7 Å². The molecular weight excluding hydrogens is 302 g/mol. The molecule has 1 aliphatic rings.